The Morgan fingerprint density at radius 3 is 2.70 bits per heavy atom. The van der Waals surface area contributed by atoms with Crippen LogP contribution in [0.5, 0.6) is 5.75 Å². The second kappa shape index (κ2) is 7.46. The zero-order valence-corrected chi connectivity index (χ0v) is 17.2. The summed E-state index contributed by atoms with van der Waals surface area (Å²) in [6.07, 6.45) is 3.76. The number of pyridine rings is 2. The van der Waals surface area contributed by atoms with Crippen LogP contribution in [0.3, 0.4) is 0 Å². The van der Waals surface area contributed by atoms with Crippen molar-refractivity contribution in [2.75, 3.05) is 37.1 Å². The summed E-state index contributed by atoms with van der Waals surface area (Å²) >= 11 is 0. The number of nitrogens with one attached hydrogen (secondary N) is 1. The Bertz CT molecular complexity index is 973. The highest BCUT2D eigenvalue weighted by Crippen LogP contribution is 2.58. The summed E-state index contributed by atoms with van der Waals surface area (Å²) < 4.78 is 38.9. The van der Waals surface area contributed by atoms with Gasteiger partial charge in [0.25, 0.3) is 5.92 Å². The second-order valence-electron chi connectivity index (χ2n) is 7.91. The molecule has 1 saturated carbocycles. The highest BCUT2D eigenvalue weighted by atomic mass is 19.3. The van der Waals surface area contributed by atoms with Crippen molar-refractivity contribution in [1.82, 2.24) is 9.97 Å². The summed E-state index contributed by atoms with van der Waals surface area (Å²) in [4.78, 5) is 21.9. The molecule has 0 unspecified atom stereocenters. The summed E-state index contributed by atoms with van der Waals surface area (Å²) in [5, 5.41) is 2.68. The number of anilines is 3. The Hall–Kier alpha value is -2.81. The molecule has 2 aromatic rings. The van der Waals surface area contributed by atoms with Crippen LogP contribution in [-0.2, 0) is 20.9 Å². The van der Waals surface area contributed by atoms with Gasteiger partial charge in [-0.15, -0.1) is 0 Å². The molecular formula is C21H24F2N4O3. The fourth-order valence-electron chi connectivity index (χ4n) is 3.76. The van der Waals surface area contributed by atoms with Crippen molar-refractivity contribution < 1.29 is 23.0 Å². The van der Waals surface area contributed by atoms with Gasteiger partial charge in [0.15, 0.2) is 0 Å². The Morgan fingerprint density at radius 1 is 1.30 bits per heavy atom. The van der Waals surface area contributed by atoms with Gasteiger partial charge < -0.3 is 19.7 Å². The van der Waals surface area contributed by atoms with E-state index in [1.807, 2.05) is 4.90 Å². The van der Waals surface area contributed by atoms with Crippen LogP contribution in [0.2, 0.25) is 0 Å². The van der Waals surface area contributed by atoms with Crippen molar-refractivity contribution in [3.8, 4) is 5.75 Å². The number of amides is 1. The Kier molecular flexibility index (Phi) is 5.09. The fourth-order valence-corrected chi connectivity index (χ4v) is 3.76. The van der Waals surface area contributed by atoms with Crippen LogP contribution in [0.4, 0.5) is 26.1 Å². The van der Waals surface area contributed by atoms with E-state index >= 15 is 0 Å². The number of nitrogens with zero attached hydrogens (tertiary/aromatic N) is 3. The van der Waals surface area contributed by atoms with Gasteiger partial charge in [-0.1, -0.05) is 0 Å². The zero-order valence-electron chi connectivity index (χ0n) is 17.2. The lowest BCUT2D eigenvalue weighted by Crippen LogP contribution is -2.22. The normalized spacial score (nSPS) is 16.5. The van der Waals surface area contributed by atoms with E-state index < -0.39 is 5.92 Å². The number of carbonyl (C=O) groups excluding carboxylic acids is 1. The molecule has 1 aliphatic heterocycles. The molecule has 1 aliphatic carbocycles. The van der Waals surface area contributed by atoms with Crippen LogP contribution < -0.4 is 15.0 Å². The Morgan fingerprint density at radius 2 is 2.07 bits per heavy atom. The highest BCUT2D eigenvalue weighted by molar-refractivity contribution is 5.89. The predicted octanol–water partition coefficient (Wildman–Crippen LogP) is 3.76. The van der Waals surface area contributed by atoms with E-state index in [1.54, 1.807) is 25.4 Å². The van der Waals surface area contributed by atoms with E-state index in [0.29, 0.717) is 30.5 Å². The molecule has 1 fully saturated rings. The highest BCUT2D eigenvalue weighted by Gasteiger charge is 2.52. The van der Waals surface area contributed by atoms with Gasteiger partial charge in [-0.05, 0) is 12.8 Å². The third-order valence-corrected chi connectivity index (χ3v) is 5.43. The predicted molar refractivity (Wildman–Crippen MR) is 108 cm³/mol. The number of aromatic nitrogens is 2. The first-order valence-electron chi connectivity index (χ1n) is 9.80. The van der Waals surface area contributed by atoms with Crippen molar-refractivity contribution in [2.45, 2.75) is 38.0 Å². The van der Waals surface area contributed by atoms with Gasteiger partial charge in [0.2, 0.25) is 5.91 Å². The van der Waals surface area contributed by atoms with Crippen LogP contribution in [0.15, 0.2) is 24.4 Å². The molecule has 0 atom stereocenters. The van der Waals surface area contributed by atoms with E-state index in [1.165, 1.54) is 13.0 Å². The van der Waals surface area contributed by atoms with Crippen molar-refractivity contribution in [3.05, 3.63) is 35.7 Å². The molecule has 4 rings (SSSR count). The van der Waals surface area contributed by atoms with E-state index in [4.69, 9.17) is 9.47 Å². The van der Waals surface area contributed by atoms with E-state index in [0.717, 1.165) is 31.0 Å². The van der Waals surface area contributed by atoms with Crippen LogP contribution in [0.25, 0.3) is 0 Å². The SMILES string of the molecule is COCCOc1cc(N2CC3(CC3)c3cnc(NC(C)=O)cc32)nc(C(C)(F)F)c1. The number of hydrogen-bond donors (Lipinski definition) is 1. The first-order chi connectivity index (χ1) is 14.2. The molecule has 7 nitrogen and oxygen atoms in total. The average Bonchev–Trinajstić information content (AvgIpc) is 3.38. The lowest BCUT2D eigenvalue weighted by atomic mass is 10.0. The largest absolute Gasteiger partial charge is 0.491 e. The number of hydrogen-bond acceptors (Lipinski definition) is 6. The molecule has 0 bridgehead atoms. The number of ether oxygens (including phenoxy) is 2. The zero-order chi connectivity index (χ0) is 21.5. The van der Waals surface area contributed by atoms with E-state index in [2.05, 4.69) is 15.3 Å². The van der Waals surface area contributed by atoms with Gasteiger partial charge in [0, 0.05) is 62.9 Å². The van der Waals surface area contributed by atoms with Gasteiger partial charge in [-0.3, -0.25) is 4.79 Å². The molecule has 160 valence electrons. The van der Waals surface area contributed by atoms with E-state index in [-0.39, 0.29) is 23.6 Å². The Balaban J connectivity index is 1.75. The molecule has 3 heterocycles. The average molecular weight is 418 g/mol. The molecule has 9 heteroatoms. The number of rotatable bonds is 7. The third kappa shape index (κ3) is 3.94. The Labute approximate surface area is 173 Å². The maximum absolute atomic E-state index is 14.1. The standard InChI is InChI=1S/C21H24F2N4O3/c1-13(28)25-18-10-16-15(11-24-18)21(4-5-21)12-27(16)19-9-14(30-7-6-29-3)8-17(26-19)20(2,22)23/h8-11H,4-7,12H2,1-3H3,(H,24,25,28). The molecule has 0 aromatic carbocycles. The first kappa shape index (κ1) is 20.5. The van der Waals surface area contributed by atoms with Crippen LogP contribution in [-0.4, -0.2) is 42.7 Å². The van der Waals surface area contributed by atoms with Gasteiger partial charge >= 0.3 is 0 Å². The number of methoxy groups -OCH3 is 1. The summed E-state index contributed by atoms with van der Waals surface area (Å²) in [7, 11) is 1.55. The lowest BCUT2D eigenvalue weighted by molar-refractivity contribution is -0.114. The molecule has 2 aromatic heterocycles. The van der Waals surface area contributed by atoms with Crippen molar-refractivity contribution in [1.29, 1.82) is 0 Å². The number of fused-ring (bicyclic) bond motifs is 2. The summed E-state index contributed by atoms with van der Waals surface area (Å²) in [5.74, 6) is -2.24. The van der Waals surface area contributed by atoms with Crippen molar-refractivity contribution in [2.24, 2.45) is 0 Å². The topological polar surface area (TPSA) is 76.6 Å². The van der Waals surface area contributed by atoms with Crippen LogP contribution in [0.1, 0.15) is 37.9 Å². The summed E-state index contributed by atoms with van der Waals surface area (Å²) in [6.45, 7) is 3.43. The molecule has 0 saturated heterocycles. The maximum atomic E-state index is 14.1. The first-order valence-corrected chi connectivity index (χ1v) is 9.80. The summed E-state index contributed by atoms with van der Waals surface area (Å²) in [6, 6.07) is 4.70. The maximum Gasteiger partial charge on any atom is 0.287 e. The quantitative estimate of drug-likeness (QED) is 0.690. The molecule has 2 aliphatic rings. The molecule has 1 spiro atoms. The van der Waals surface area contributed by atoms with Crippen molar-refractivity contribution >= 4 is 23.2 Å². The monoisotopic (exact) mass is 418 g/mol. The lowest BCUT2D eigenvalue weighted by Gasteiger charge is -2.22. The molecule has 1 N–H and O–H groups in total. The fraction of sp³-hybridized carbons (Fsp3) is 0.476. The van der Waals surface area contributed by atoms with Crippen LogP contribution >= 0.6 is 0 Å². The minimum absolute atomic E-state index is 0.0411. The smallest absolute Gasteiger partial charge is 0.287 e. The second-order valence-corrected chi connectivity index (χ2v) is 7.91. The third-order valence-electron chi connectivity index (χ3n) is 5.43. The number of alkyl halides is 2. The van der Waals surface area contributed by atoms with Crippen LogP contribution in [0, 0.1) is 0 Å². The molecule has 0 radical (unpaired) electrons. The number of carbonyl (C=O) groups is 1. The molecular weight excluding hydrogens is 394 g/mol. The summed E-state index contributed by atoms with van der Waals surface area (Å²) in [5.41, 5.74) is 1.47. The van der Waals surface area contributed by atoms with Gasteiger partial charge in [-0.2, -0.15) is 8.78 Å². The molecule has 30 heavy (non-hydrogen) atoms. The van der Waals surface area contributed by atoms with Gasteiger partial charge in [0.05, 0.1) is 12.3 Å². The van der Waals surface area contributed by atoms with Crippen molar-refractivity contribution in [3.63, 3.8) is 0 Å². The minimum Gasteiger partial charge on any atom is -0.491 e. The van der Waals surface area contributed by atoms with Gasteiger partial charge in [0.1, 0.15) is 29.7 Å². The molecule has 1 amide bonds. The number of halogens is 2. The minimum atomic E-state index is -3.12. The van der Waals surface area contributed by atoms with E-state index in [9.17, 15) is 13.6 Å². The van der Waals surface area contributed by atoms with Gasteiger partial charge in [-0.25, -0.2) is 9.97 Å².